The van der Waals surface area contributed by atoms with Crippen LogP contribution < -0.4 is 10.2 Å². The summed E-state index contributed by atoms with van der Waals surface area (Å²) < 4.78 is 0. The van der Waals surface area contributed by atoms with Gasteiger partial charge in [-0.25, -0.2) is 0 Å². The molecule has 0 aliphatic rings. The molecule has 1 N–H and O–H groups in total. The lowest BCUT2D eigenvalue weighted by Gasteiger charge is -2.19. The molecule has 0 amide bonds. The number of nitrogens with one attached hydrogen (secondary N) is 1. The van der Waals surface area contributed by atoms with E-state index in [1.165, 1.54) is 30.5 Å². The van der Waals surface area contributed by atoms with Crippen molar-refractivity contribution in [1.82, 2.24) is 5.32 Å². The van der Waals surface area contributed by atoms with E-state index < -0.39 is 0 Å². The van der Waals surface area contributed by atoms with Gasteiger partial charge in [0, 0.05) is 19.3 Å². The van der Waals surface area contributed by atoms with E-state index in [-0.39, 0.29) is 0 Å². The first-order valence-corrected chi connectivity index (χ1v) is 7.08. The molecule has 0 unspecified atom stereocenters. The predicted octanol–water partition coefficient (Wildman–Crippen LogP) is 3.32. The molecule has 1 rings (SSSR count). The van der Waals surface area contributed by atoms with Crippen molar-refractivity contribution in [2.45, 2.75) is 33.1 Å². The van der Waals surface area contributed by atoms with Gasteiger partial charge in [0.15, 0.2) is 0 Å². The molecule has 1 aromatic carbocycles. The van der Waals surface area contributed by atoms with Crippen LogP contribution in [0.1, 0.15) is 32.3 Å². The number of unbranched alkanes of at least 4 members (excludes halogenated alkanes) is 1. The molecule has 0 radical (unpaired) electrons. The molecule has 0 fully saturated rings. The molecular weight excluding hydrogens is 220 g/mol. The van der Waals surface area contributed by atoms with Crippen LogP contribution in [0.2, 0.25) is 0 Å². The second-order valence-electron chi connectivity index (χ2n) is 5.50. The van der Waals surface area contributed by atoms with Crippen LogP contribution in [0.5, 0.6) is 0 Å². The largest absolute Gasteiger partial charge is 0.375 e. The van der Waals surface area contributed by atoms with Crippen LogP contribution in [-0.2, 0) is 6.42 Å². The lowest BCUT2D eigenvalue weighted by Crippen LogP contribution is -2.19. The molecule has 0 aliphatic heterocycles. The van der Waals surface area contributed by atoms with Gasteiger partial charge in [-0.3, -0.25) is 0 Å². The lowest BCUT2D eigenvalue weighted by molar-refractivity contribution is 0.647. The molecule has 0 spiro atoms. The van der Waals surface area contributed by atoms with Gasteiger partial charge in [0.25, 0.3) is 0 Å². The Balaban J connectivity index is 2.41. The molecule has 0 heterocycles. The summed E-state index contributed by atoms with van der Waals surface area (Å²) in [5.41, 5.74) is 2.77. The monoisotopic (exact) mass is 248 g/mol. The van der Waals surface area contributed by atoms with Crippen molar-refractivity contribution in [2.24, 2.45) is 5.92 Å². The van der Waals surface area contributed by atoms with E-state index in [0.717, 1.165) is 19.0 Å². The molecule has 0 bridgehead atoms. The molecule has 18 heavy (non-hydrogen) atoms. The number of hydrogen-bond donors (Lipinski definition) is 1. The zero-order valence-corrected chi connectivity index (χ0v) is 12.4. The zero-order valence-electron chi connectivity index (χ0n) is 12.4. The van der Waals surface area contributed by atoms with Gasteiger partial charge in [0.05, 0.1) is 0 Å². The summed E-state index contributed by atoms with van der Waals surface area (Å²) in [7, 11) is 4.19. The summed E-state index contributed by atoms with van der Waals surface area (Å²) in [4.78, 5) is 2.34. The van der Waals surface area contributed by atoms with Crippen molar-refractivity contribution in [3.05, 3.63) is 29.8 Å². The molecule has 0 saturated carbocycles. The maximum atomic E-state index is 3.19. The first-order valence-electron chi connectivity index (χ1n) is 7.08. The lowest BCUT2D eigenvalue weighted by atomic mass is 10.0. The Morgan fingerprint density at radius 3 is 2.33 bits per heavy atom. The molecule has 0 saturated heterocycles. The van der Waals surface area contributed by atoms with Crippen LogP contribution in [0.3, 0.4) is 0 Å². The molecule has 0 aliphatic carbocycles. The van der Waals surface area contributed by atoms with Crippen LogP contribution in [0.4, 0.5) is 5.69 Å². The molecule has 102 valence electrons. The van der Waals surface area contributed by atoms with Crippen molar-refractivity contribution in [2.75, 3.05) is 32.1 Å². The van der Waals surface area contributed by atoms with Crippen molar-refractivity contribution < 1.29 is 0 Å². The van der Waals surface area contributed by atoms with E-state index >= 15 is 0 Å². The Kier molecular flexibility index (Phi) is 6.81. The first kappa shape index (κ1) is 15.0. The minimum Gasteiger partial charge on any atom is -0.375 e. The molecule has 1 aromatic rings. The second kappa shape index (κ2) is 8.15. The fourth-order valence-electron chi connectivity index (χ4n) is 2.14. The van der Waals surface area contributed by atoms with Crippen molar-refractivity contribution in [3.63, 3.8) is 0 Å². The highest BCUT2D eigenvalue weighted by atomic mass is 15.1. The summed E-state index contributed by atoms with van der Waals surface area (Å²) in [5.74, 6) is 0.732. The summed E-state index contributed by atoms with van der Waals surface area (Å²) in [5, 5.41) is 3.19. The van der Waals surface area contributed by atoms with Crippen LogP contribution in [0.15, 0.2) is 24.3 Å². The summed E-state index contributed by atoms with van der Waals surface area (Å²) >= 11 is 0. The maximum Gasteiger partial charge on any atom is 0.0363 e. The average molecular weight is 248 g/mol. The third-order valence-electron chi connectivity index (χ3n) is 3.19. The normalized spacial score (nSPS) is 10.9. The summed E-state index contributed by atoms with van der Waals surface area (Å²) in [6.45, 7) is 6.77. The molecule has 0 aromatic heterocycles. The number of nitrogens with zero attached hydrogens (tertiary/aromatic N) is 1. The van der Waals surface area contributed by atoms with Crippen molar-refractivity contribution in [1.29, 1.82) is 0 Å². The highest BCUT2D eigenvalue weighted by Crippen LogP contribution is 2.16. The van der Waals surface area contributed by atoms with Gasteiger partial charge in [-0.15, -0.1) is 0 Å². The minimum atomic E-state index is 0.732. The van der Waals surface area contributed by atoms with Crippen LogP contribution in [0, 0.1) is 5.92 Å². The quantitative estimate of drug-likeness (QED) is 0.710. The molecule has 2 heteroatoms. The van der Waals surface area contributed by atoms with Gasteiger partial charge in [-0.05, 0) is 56.5 Å². The average Bonchev–Trinajstić information content (AvgIpc) is 2.34. The third-order valence-corrected chi connectivity index (χ3v) is 3.19. The Hall–Kier alpha value is -1.02. The van der Waals surface area contributed by atoms with E-state index in [1.54, 1.807) is 0 Å². The summed E-state index contributed by atoms with van der Waals surface area (Å²) in [6, 6.07) is 9.02. The summed E-state index contributed by atoms with van der Waals surface area (Å²) in [6.07, 6.45) is 3.66. The molecule has 2 nitrogen and oxygen atoms in total. The maximum absolute atomic E-state index is 3.19. The topological polar surface area (TPSA) is 15.3 Å². The standard InChI is InChI=1S/C16H28N2/c1-14(2)13-15-7-9-16(10-8-15)18(4)12-6-5-11-17-3/h7-10,14,17H,5-6,11-13H2,1-4H3. The van der Waals surface area contributed by atoms with Crippen molar-refractivity contribution >= 4 is 5.69 Å². The van der Waals surface area contributed by atoms with E-state index in [1.807, 2.05) is 7.05 Å². The molecular formula is C16H28N2. The van der Waals surface area contributed by atoms with Crippen LogP contribution in [-0.4, -0.2) is 27.2 Å². The SMILES string of the molecule is CNCCCCN(C)c1ccc(CC(C)C)cc1. The number of benzene rings is 1. The van der Waals surface area contributed by atoms with Crippen molar-refractivity contribution in [3.8, 4) is 0 Å². The fourth-order valence-corrected chi connectivity index (χ4v) is 2.14. The van der Waals surface area contributed by atoms with E-state index in [0.29, 0.717) is 0 Å². The fraction of sp³-hybridized carbons (Fsp3) is 0.625. The van der Waals surface area contributed by atoms with Gasteiger partial charge in [-0.1, -0.05) is 26.0 Å². The zero-order chi connectivity index (χ0) is 13.4. The van der Waals surface area contributed by atoms with Gasteiger partial charge in [0.1, 0.15) is 0 Å². The number of rotatable bonds is 8. The Bertz CT molecular complexity index is 316. The Morgan fingerprint density at radius 1 is 1.11 bits per heavy atom. The Morgan fingerprint density at radius 2 is 1.78 bits per heavy atom. The van der Waals surface area contributed by atoms with Gasteiger partial charge >= 0.3 is 0 Å². The smallest absolute Gasteiger partial charge is 0.0363 e. The van der Waals surface area contributed by atoms with Crippen LogP contribution >= 0.6 is 0 Å². The highest BCUT2D eigenvalue weighted by Gasteiger charge is 2.02. The third kappa shape index (κ3) is 5.54. The molecule has 0 atom stereocenters. The van der Waals surface area contributed by atoms with Gasteiger partial charge in [0.2, 0.25) is 0 Å². The minimum absolute atomic E-state index is 0.732. The number of hydrogen-bond acceptors (Lipinski definition) is 2. The van der Waals surface area contributed by atoms with Gasteiger partial charge < -0.3 is 10.2 Å². The highest BCUT2D eigenvalue weighted by molar-refractivity contribution is 5.46. The first-order chi connectivity index (χ1) is 8.63. The second-order valence-corrected chi connectivity index (χ2v) is 5.50. The number of anilines is 1. The van der Waals surface area contributed by atoms with E-state index in [4.69, 9.17) is 0 Å². The predicted molar refractivity (Wildman–Crippen MR) is 81.4 cm³/mol. The van der Waals surface area contributed by atoms with Gasteiger partial charge in [-0.2, -0.15) is 0 Å². The van der Waals surface area contributed by atoms with E-state index in [2.05, 4.69) is 55.4 Å². The Labute approximate surface area is 112 Å². The van der Waals surface area contributed by atoms with E-state index in [9.17, 15) is 0 Å². The van der Waals surface area contributed by atoms with Crippen LogP contribution in [0.25, 0.3) is 0 Å².